The summed E-state index contributed by atoms with van der Waals surface area (Å²) in [5.74, 6) is 0.899. The Labute approximate surface area is 171 Å². The molecule has 0 aliphatic carbocycles. The Hall–Kier alpha value is -2.52. The lowest BCUT2D eigenvalue weighted by atomic mass is 10.1. The lowest BCUT2D eigenvalue weighted by Gasteiger charge is -2.32. The van der Waals surface area contributed by atoms with Crippen LogP contribution in [-0.2, 0) is 17.1 Å². The molecule has 0 radical (unpaired) electrons. The normalized spacial score (nSPS) is 18.2. The molecule has 0 amide bonds. The molecule has 1 saturated heterocycles. The summed E-state index contributed by atoms with van der Waals surface area (Å²) in [5.41, 5.74) is 3.25. The monoisotopic (exact) mass is 414 g/mol. The number of rotatable bonds is 6. The Bertz CT molecular complexity index is 1110. The number of hydrogen-bond acceptors (Lipinski definition) is 6. The maximum atomic E-state index is 12.5. The standard InChI is InChI=1S/C20H26N6O2S/c1-3-12-29(27,28)26-10-5-6-15(14-26)23-19-16(7-4-9-21-19)18-13-22-17-8-11-25(2)20(17)24-18/h4,7-9,11,13,15H,3,5-6,10,12,14H2,1-2H3,(H,21,23). The van der Waals surface area contributed by atoms with Gasteiger partial charge in [-0.25, -0.2) is 18.4 Å². The van der Waals surface area contributed by atoms with Crippen molar-refractivity contribution in [3.8, 4) is 11.3 Å². The van der Waals surface area contributed by atoms with Crippen molar-refractivity contribution in [1.82, 2.24) is 23.8 Å². The summed E-state index contributed by atoms with van der Waals surface area (Å²) >= 11 is 0. The van der Waals surface area contributed by atoms with Crippen LogP contribution >= 0.6 is 0 Å². The topological polar surface area (TPSA) is 93.0 Å². The predicted molar refractivity (Wildman–Crippen MR) is 114 cm³/mol. The smallest absolute Gasteiger partial charge is 0.214 e. The van der Waals surface area contributed by atoms with Gasteiger partial charge in [-0.05, 0) is 37.5 Å². The molecule has 8 nitrogen and oxygen atoms in total. The van der Waals surface area contributed by atoms with Crippen LogP contribution in [0.25, 0.3) is 22.4 Å². The molecule has 4 heterocycles. The van der Waals surface area contributed by atoms with E-state index < -0.39 is 10.0 Å². The molecule has 1 aliphatic heterocycles. The molecule has 0 saturated carbocycles. The van der Waals surface area contributed by atoms with Crippen molar-refractivity contribution in [3.05, 3.63) is 36.8 Å². The highest BCUT2D eigenvalue weighted by Crippen LogP contribution is 2.27. The summed E-state index contributed by atoms with van der Waals surface area (Å²) in [6, 6.07) is 5.77. The largest absolute Gasteiger partial charge is 0.365 e. The number of piperidine rings is 1. The molecule has 1 aliphatic rings. The first-order valence-corrected chi connectivity index (χ1v) is 11.6. The minimum atomic E-state index is -3.20. The first-order valence-electron chi connectivity index (χ1n) is 9.96. The quantitative estimate of drug-likeness (QED) is 0.667. The zero-order chi connectivity index (χ0) is 20.4. The average Bonchev–Trinajstić information content (AvgIpc) is 3.09. The third-order valence-electron chi connectivity index (χ3n) is 5.24. The van der Waals surface area contributed by atoms with Gasteiger partial charge in [0, 0.05) is 44.1 Å². The minimum absolute atomic E-state index is 0.00996. The van der Waals surface area contributed by atoms with Gasteiger partial charge in [0.25, 0.3) is 0 Å². The Kier molecular flexibility index (Phi) is 5.51. The van der Waals surface area contributed by atoms with Crippen molar-refractivity contribution >= 4 is 27.0 Å². The van der Waals surface area contributed by atoms with Crippen molar-refractivity contribution in [2.45, 2.75) is 32.2 Å². The van der Waals surface area contributed by atoms with Gasteiger partial charge in [-0.2, -0.15) is 4.31 Å². The summed E-state index contributed by atoms with van der Waals surface area (Å²) in [7, 11) is -1.25. The molecule has 29 heavy (non-hydrogen) atoms. The van der Waals surface area contributed by atoms with E-state index in [1.807, 2.05) is 42.9 Å². The zero-order valence-corrected chi connectivity index (χ0v) is 17.6. The number of aryl methyl sites for hydroxylation is 1. The van der Waals surface area contributed by atoms with Gasteiger partial charge < -0.3 is 9.88 Å². The SMILES string of the molecule is CCCS(=O)(=O)N1CCCC(Nc2ncccc2-c2cnc3ccn(C)c3n2)C1. The number of sulfonamides is 1. The second kappa shape index (κ2) is 8.08. The highest BCUT2D eigenvalue weighted by molar-refractivity contribution is 7.89. The van der Waals surface area contributed by atoms with Crippen molar-refractivity contribution in [3.63, 3.8) is 0 Å². The van der Waals surface area contributed by atoms with Crippen LogP contribution < -0.4 is 5.32 Å². The molecular formula is C20H26N6O2S. The van der Waals surface area contributed by atoms with Crippen LogP contribution in [0.4, 0.5) is 5.82 Å². The van der Waals surface area contributed by atoms with Crippen molar-refractivity contribution in [1.29, 1.82) is 0 Å². The van der Waals surface area contributed by atoms with Crippen LogP contribution in [0.5, 0.6) is 0 Å². The summed E-state index contributed by atoms with van der Waals surface area (Å²) in [5, 5.41) is 3.46. The van der Waals surface area contributed by atoms with E-state index in [1.165, 1.54) is 0 Å². The van der Waals surface area contributed by atoms with Crippen LogP contribution in [0.15, 0.2) is 36.8 Å². The molecule has 1 unspecified atom stereocenters. The molecule has 154 valence electrons. The van der Waals surface area contributed by atoms with Gasteiger partial charge in [-0.15, -0.1) is 0 Å². The van der Waals surface area contributed by atoms with Crippen LogP contribution in [-0.4, -0.2) is 57.1 Å². The molecule has 3 aromatic heterocycles. The number of aromatic nitrogens is 4. The van der Waals surface area contributed by atoms with Gasteiger partial charge in [0.05, 0.1) is 17.6 Å². The molecular weight excluding hydrogens is 388 g/mol. The Morgan fingerprint density at radius 2 is 2.14 bits per heavy atom. The molecule has 1 N–H and O–H groups in total. The predicted octanol–water partition coefficient (Wildman–Crippen LogP) is 2.65. The van der Waals surface area contributed by atoms with Crippen LogP contribution in [0.3, 0.4) is 0 Å². The summed E-state index contributed by atoms with van der Waals surface area (Å²) < 4.78 is 28.5. The second-order valence-corrected chi connectivity index (χ2v) is 9.54. The number of nitrogens with one attached hydrogen (secondary N) is 1. The molecule has 1 atom stereocenters. The molecule has 1 fully saturated rings. The van der Waals surface area contributed by atoms with Gasteiger partial charge in [-0.1, -0.05) is 6.92 Å². The third kappa shape index (κ3) is 4.11. The molecule has 0 bridgehead atoms. The van der Waals surface area contributed by atoms with Gasteiger partial charge in [0.1, 0.15) is 11.3 Å². The van der Waals surface area contributed by atoms with Crippen LogP contribution in [0.1, 0.15) is 26.2 Å². The summed E-state index contributed by atoms with van der Waals surface area (Å²) in [6.45, 7) is 2.94. The molecule has 9 heteroatoms. The van der Waals surface area contributed by atoms with E-state index in [0.717, 1.165) is 35.3 Å². The number of nitrogens with zero attached hydrogens (tertiary/aromatic N) is 5. The van der Waals surface area contributed by atoms with E-state index in [1.54, 1.807) is 16.7 Å². The van der Waals surface area contributed by atoms with Gasteiger partial charge in [-0.3, -0.25) is 4.98 Å². The molecule has 0 aromatic carbocycles. The third-order valence-corrected chi connectivity index (χ3v) is 7.28. The van der Waals surface area contributed by atoms with Crippen molar-refractivity contribution in [2.24, 2.45) is 7.05 Å². The summed E-state index contributed by atoms with van der Waals surface area (Å²) in [4.78, 5) is 13.8. The van der Waals surface area contributed by atoms with Crippen LogP contribution in [0.2, 0.25) is 0 Å². The zero-order valence-electron chi connectivity index (χ0n) is 16.7. The van der Waals surface area contributed by atoms with E-state index >= 15 is 0 Å². The summed E-state index contributed by atoms with van der Waals surface area (Å²) in [6.07, 6.45) is 7.78. The lowest BCUT2D eigenvalue weighted by Crippen LogP contribution is -2.46. The first kappa shape index (κ1) is 19.8. The van der Waals surface area contributed by atoms with Crippen molar-refractivity contribution in [2.75, 3.05) is 24.2 Å². The maximum Gasteiger partial charge on any atom is 0.214 e. The fraction of sp³-hybridized carbons (Fsp3) is 0.450. The minimum Gasteiger partial charge on any atom is -0.365 e. The fourth-order valence-corrected chi connectivity index (χ4v) is 5.36. The van der Waals surface area contributed by atoms with Gasteiger partial charge in [0.2, 0.25) is 10.0 Å². The second-order valence-electron chi connectivity index (χ2n) is 7.45. The number of fused-ring (bicyclic) bond motifs is 1. The highest BCUT2D eigenvalue weighted by Gasteiger charge is 2.28. The Morgan fingerprint density at radius 3 is 2.97 bits per heavy atom. The Morgan fingerprint density at radius 1 is 1.28 bits per heavy atom. The lowest BCUT2D eigenvalue weighted by molar-refractivity contribution is 0.326. The van der Waals surface area contributed by atoms with E-state index in [2.05, 4.69) is 15.3 Å². The average molecular weight is 415 g/mol. The van der Waals surface area contributed by atoms with Gasteiger partial charge in [0.15, 0.2) is 5.65 Å². The molecule has 0 spiro atoms. The number of hydrogen-bond donors (Lipinski definition) is 1. The molecule has 3 aromatic rings. The van der Waals surface area contributed by atoms with E-state index in [4.69, 9.17) is 4.98 Å². The van der Waals surface area contributed by atoms with E-state index in [0.29, 0.717) is 25.3 Å². The maximum absolute atomic E-state index is 12.5. The fourth-order valence-electron chi connectivity index (χ4n) is 3.77. The van der Waals surface area contributed by atoms with Gasteiger partial charge >= 0.3 is 0 Å². The first-order chi connectivity index (χ1) is 14.0. The number of anilines is 1. The number of pyridine rings is 1. The van der Waals surface area contributed by atoms with Crippen LogP contribution in [0, 0.1) is 0 Å². The Balaban J connectivity index is 1.59. The van der Waals surface area contributed by atoms with Crippen molar-refractivity contribution < 1.29 is 8.42 Å². The van der Waals surface area contributed by atoms with E-state index in [9.17, 15) is 8.42 Å². The molecule has 4 rings (SSSR count). The highest BCUT2D eigenvalue weighted by atomic mass is 32.2. The van der Waals surface area contributed by atoms with E-state index in [-0.39, 0.29) is 11.8 Å².